The molecule has 5 heteroatoms. The Morgan fingerprint density at radius 3 is 2.80 bits per heavy atom. The molecule has 0 unspecified atom stereocenters. The molecule has 0 saturated carbocycles. The number of nitrogens with one attached hydrogen (secondary N) is 1. The first-order valence-electron chi connectivity index (χ1n) is 6.18. The summed E-state index contributed by atoms with van der Waals surface area (Å²) in [4.78, 5) is 4.28. The van der Waals surface area contributed by atoms with Gasteiger partial charge >= 0.3 is 0 Å². The molecule has 1 aromatic heterocycles. The number of hydrogen-bond acceptors (Lipinski definition) is 4. The van der Waals surface area contributed by atoms with Crippen LogP contribution in [0, 0.1) is 12.3 Å². The molecule has 5 nitrogen and oxygen atoms in total. The van der Waals surface area contributed by atoms with Gasteiger partial charge in [0.2, 0.25) is 5.88 Å². The number of nitrogens with two attached hydrogens (primary N) is 1. The van der Waals surface area contributed by atoms with E-state index in [0.717, 1.165) is 11.3 Å². The number of aromatic nitrogens is 1. The first kappa shape index (κ1) is 13.9. The van der Waals surface area contributed by atoms with Crippen LogP contribution in [0.1, 0.15) is 16.8 Å². The Bertz CT molecular complexity index is 626. The summed E-state index contributed by atoms with van der Waals surface area (Å²) in [5.74, 6) is 1.27. The number of aryl methyl sites for hydroxylation is 1. The zero-order chi connectivity index (χ0) is 14.5. The van der Waals surface area contributed by atoms with Crippen LogP contribution < -0.4 is 15.2 Å². The molecule has 0 fully saturated rings. The average Bonchev–Trinajstić information content (AvgIpc) is 2.46. The second-order valence-electron chi connectivity index (χ2n) is 4.35. The predicted molar refractivity (Wildman–Crippen MR) is 77.3 cm³/mol. The minimum Gasteiger partial charge on any atom is -0.487 e. The van der Waals surface area contributed by atoms with Crippen LogP contribution in [0.15, 0.2) is 36.4 Å². The van der Waals surface area contributed by atoms with Gasteiger partial charge in [-0.3, -0.25) is 5.41 Å². The van der Waals surface area contributed by atoms with Crippen molar-refractivity contribution in [3.63, 3.8) is 0 Å². The Balaban J connectivity index is 2.13. The summed E-state index contributed by atoms with van der Waals surface area (Å²) in [6, 6.07) is 11.0. The fourth-order valence-corrected chi connectivity index (χ4v) is 1.73. The predicted octanol–water partition coefficient (Wildman–Crippen LogP) is 2.26. The largest absolute Gasteiger partial charge is 0.487 e. The van der Waals surface area contributed by atoms with Gasteiger partial charge < -0.3 is 15.2 Å². The van der Waals surface area contributed by atoms with E-state index in [0.29, 0.717) is 23.8 Å². The first-order valence-corrected chi connectivity index (χ1v) is 6.18. The zero-order valence-electron chi connectivity index (χ0n) is 11.5. The molecule has 104 valence electrons. The van der Waals surface area contributed by atoms with Crippen molar-refractivity contribution in [3.8, 4) is 11.6 Å². The molecular weight excluding hydrogens is 254 g/mol. The molecule has 2 rings (SSSR count). The Morgan fingerprint density at radius 2 is 2.10 bits per heavy atom. The van der Waals surface area contributed by atoms with E-state index in [1.54, 1.807) is 25.3 Å². The maximum atomic E-state index is 7.45. The number of amidine groups is 1. The van der Waals surface area contributed by atoms with E-state index < -0.39 is 0 Å². The fraction of sp³-hybridized carbons (Fsp3) is 0.200. The van der Waals surface area contributed by atoms with Gasteiger partial charge in [0.15, 0.2) is 0 Å². The number of nitrogens with zero attached hydrogens (tertiary/aromatic N) is 1. The molecule has 1 heterocycles. The zero-order valence-corrected chi connectivity index (χ0v) is 11.5. The number of ether oxygens (including phenoxy) is 2. The number of pyridine rings is 1. The third kappa shape index (κ3) is 3.26. The molecule has 3 N–H and O–H groups in total. The van der Waals surface area contributed by atoms with Crippen LogP contribution >= 0.6 is 0 Å². The van der Waals surface area contributed by atoms with Crippen molar-refractivity contribution < 1.29 is 9.47 Å². The highest BCUT2D eigenvalue weighted by molar-refractivity contribution is 5.95. The van der Waals surface area contributed by atoms with Crippen molar-refractivity contribution in [3.05, 3.63) is 53.2 Å². The third-order valence-corrected chi connectivity index (χ3v) is 2.87. The molecule has 0 radical (unpaired) electrons. The van der Waals surface area contributed by atoms with Crippen LogP contribution in [0.3, 0.4) is 0 Å². The summed E-state index contributed by atoms with van der Waals surface area (Å²) in [5, 5.41) is 7.45. The molecule has 20 heavy (non-hydrogen) atoms. The Kier molecular flexibility index (Phi) is 4.20. The molecule has 0 saturated heterocycles. The molecule has 0 aliphatic heterocycles. The lowest BCUT2D eigenvalue weighted by atomic mass is 10.1. The third-order valence-electron chi connectivity index (χ3n) is 2.87. The molecule has 2 aromatic rings. The number of hydrogen-bond donors (Lipinski definition) is 2. The van der Waals surface area contributed by atoms with Crippen molar-refractivity contribution in [2.24, 2.45) is 5.73 Å². The van der Waals surface area contributed by atoms with Gasteiger partial charge in [0, 0.05) is 11.6 Å². The van der Waals surface area contributed by atoms with Crippen LogP contribution in [0.5, 0.6) is 11.6 Å². The van der Waals surface area contributed by atoms with Crippen molar-refractivity contribution in [1.29, 1.82) is 5.41 Å². The van der Waals surface area contributed by atoms with Gasteiger partial charge in [-0.25, -0.2) is 4.98 Å². The van der Waals surface area contributed by atoms with Gasteiger partial charge in [0.25, 0.3) is 0 Å². The quantitative estimate of drug-likeness (QED) is 0.645. The normalized spacial score (nSPS) is 10.1. The van der Waals surface area contributed by atoms with E-state index in [1.807, 2.05) is 25.1 Å². The number of rotatable bonds is 5. The summed E-state index contributed by atoms with van der Waals surface area (Å²) >= 11 is 0. The second-order valence-corrected chi connectivity index (χ2v) is 4.35. The first-order chi connectivity index (χ1) is 9.60. The Hall–Kier alpha value is -2.56. The van der Waals surface area contributed by atoms with Gasteiger partial charge in [-0.05, 0) is 24.6 Å². The molecule has 0 bridgehead atoms. The van der Waals surface area contributed by atoms with E-state index in [2.05, 4.69) is 4.98 Å². The summed E-state index contributed by atoms with van der Waals surface area (Å²) in [6.07, 6.45) is 0. The van der Waals surface area contributed by atoms with E-state index in [9.17, 15) is 0 Å². The standard InChI is InChI=1S/C15H17N3O2/c1-10-6-7-11(15(16)17)8-13(10)20-9-12-4-3-5-14(18-12)19-2/h3-8H,9H2,1-2H3,(H3,16,17). The number of methoxy groups -OCH3 is 1. The molecule has 0 aliphatic rings. The summed E-state index contributed by atoms with van der Waals surface area (Å²) in [5.41, 5.74) is 7.88. The molecule has 0 spiro atoms. The summed E-state index contributed by atoms with van der Waals surface area (Å²) < 4.78 is 10.8. The van der Waals surface area contributed by atoms with Gasteiger partial charge in [0.05, 0.1) is 12.8 Å². The smallest absolute Gasteiger partial charge is 0.213 e. The van der Waals surface area contributed by atoms with Crippen molar-refractivity contribution in [2.45, 2.75) is 13.5 Å². The monoisotopic (exact) mass is 271 g/mol. The Labute approximate surface area is 117 Å². The minimum absolute atomic E-state index is 0.0226. The average molecular weight is 271 g/mol. The van der Waals surface area contributed by atoms with E-state index >= 15 is 0 Å². The van der Waals surface area contributed by atoms with Crippen molar-refractivity contribution in [2.75, 3.05) is 7.11 Å². The number of nitrogen functional groups attached to an aromatic ring is 1. The van der Waals surface area contributed by atoms with Crippen LogP contribution in [-0.2, 0) is 6.61 Å². The lowest BCUT2D eigenvalue weighted by molar-refractivity contribution is 0.296. The molecular formula is C15H17N3O2. The van der Waals surface area contributed by atoms with Crippen molar-refractivity contribution in [1.82, 2.24) is 4.98 Å². The van der Waals surface area contributed by atoms with E-state index in [4.69, 9.17) is 20.6 Å². The second kappa shape index (κ2) is 6.06. The van der Waals surface area contributed by atoms with Gasteiger partial charge in [0.1, 0.15) is 18.2 Å². The van der Waals surface area contributed by atoms with E-state index in [1.165, 1.54) is 0 Å². The highest BCUT2D eigenvalue weighted by Gasteiger charge is 2.05. The van der Waals surface area contributed by atoms with Crippen LogP contribution in [0.25, 0.3) is 0 Å². The van der Waals surface area contributed by atoms with Crippen LogP contribution in [0.2, 0.25) is 0 Å². The highest BCUT2D eigenvalue weighted by Crippen LogP contribution is 2.20. The molecule has 0 aliphatic carbocycles. The van der Waals surface area contributed by atoms with Gasteiger partial charge in [-0.15, -0.1) is 0 Å². The minimum atomic E-state index is 0.0226. The molecule has 0 amide bonds. The SMILES string of the molecule is COc1cccc(COc2cc(C(=N)N)ccc2C)n1. The van der Waals surface area contributed by atoms with Crippen molar-refractivity contribution >= 4 is 5.84 Å². The van der Waals surface area contributed by atoms with Crippen LogP contribution in [0.4, 0.5) is 0 Å². The Morgan fingerprint density at radius 1 is 1.30 bits per heavy atom. The molecule has 0 atom stereocenters. The lowest BCUT2D eigenvalue weighted by Crippen LogP contribution is -2.11. The topological polar surface area (TPSA) is 81.2 Å². The van der Waals surface area contributed by atoms with Gasteiger partial charge in [-0.2, -0.15) is 0 Å². The maximum absolute atomic E-state index is 7.45. The van der Waals surface area contributed by atoms with Gasteiger partial charge in [-0.1, -0.05) is 18.2 Å². The molecule has 1 aromatic carbocycles. The summed E-state index contributed by atoms with van der Waals surface area (Å²) in [6.45, 7) is 2.28. The number of benzene rings is 1. The maximum Gasteiger partial charge on any atom is 0.213 e. The van der Waals surface area contributed by atoms with Crippen LogP contribution in [-0.4, -0.2) is 17.9 Å². The lowest BCUT2D eigenvalue weighted by Gasteiger charge is -2.10. The van der Waals surface area contributed by atoms with E-state index in [-0.39, 0.29) is 5.84 Å². The highest BCUT2D eigenvalue weighted by atomic mass is 16.5. The fourth-order valence-electron chi connectivity index (χ4n) is 1.73. The summed E-state index contributed by atoms with van der Waals surface area (Å²) in [7, 11) is 1.58.